The van der Waals surface area contributed by atoms with Crippen LogP contribution in [-0.2, 0) is 6.61 Å². The fourth-order valence-electron chi connectivity index (χ4n) is 2.22. The highest BCUT2D eigenvalue weighted by atomic mass is 79.9. The predicted molar refractivity (Wildman–Crippen MR) is 88.7 cm³/mol. The van der Waals surface area contributed by atoms with Crippen LogP contribution in [0.3, 0.4) is 0 Å². The molecule has 1 unspecified atom stereocenters. The van der Waals surface area contributed by atoms with Gasteiger partial charge in [-0.2, -0.15) is 0 Å². The van der Waals surface area contributed by atoms with E-state index in [1.54, 1.807) is 0 Å². The Morgan fingerprint density at radius 3 is 2.67 bits per heavy atom. The van der Waals surface area contributed by atoms with Crippen LogP contribution in [-0.4, -0.2) is 11.7 Å². The maximum atomic E-state index is 9.41. The fraction of sp³-hybridized carbons (Fsp3) is 0.294. The smallest absolute Gasteiger partial charge is 0.133 e. The normalized spacial score (nSPS) is 12.2. The van der Waals surface area contributed by atoms with Crippen LogP contribution in [0.2, 0.25) is 0 Å². The Hall–Kier alpha value is -1.36. The van der Waals surface area contributed by atoms with Gasteiger partial charge in [-0.15, -0.1) is 0 Å². The maximum Gasteiger partial charge on any atom is 0.133 e. The standard InChI is InChI=1S/C17H20BrNO2/c1-3-19-12(2)15-9-8-14(18)10-17(15)21-16-7-5-4-6-13(16)11-20/h4-10,12,19-20H,3,11H2,1-2H3. The van der Waals surface area contributed by atoms with Crippen LogP contribution >= 0.6 is 15.9 Å². The summed E-state index contributed by atoms with van der Waals surface area (Å²) in [4.78, 5) is 0. The monoisotopic (exact) mass is 349 g/mol. The highest BCUT2D eigenvalue weighted by Gasteiger charge is 2.13. The van der Waals surface area contributed by atoms with E-state index in [4.69, 9.17) is 4.74 Å². The Balaban J connectivity index is 2.36. The minimum absolute atomic E-state index is 0.0394. The number of ether oxygens (including phenoxy) is 1. The van der Waals surface area contributed by atoms with Crippen molar-refractivity contribution in [2.24, 2.45) is 0 Å². The van der Waals surface area contributed by atoms with Gasteiger partial charge in [0, 0.05) is 21.6 Å². The van der Waals surface area contributed by atoms with Gasteiger partial charge in [0.1, 0.15) is 11.5 Å². The molecule has 2 rings (SSSR count). The molecule has 0 saturated heterocycles. The van der Waals surface area contributed by atoms with Crippen molar-refractivity contribution in [2.75, 3.05) is 6.54 Å². The third-order valence-corrected chi connectivity index (χ3v) is 3.81. The van der Waals surface area contributed by atoms with Crippen LogP contribution in [0.5, 0.6) is 11.5 Å². The molecule has 0 heterocycles. The topological polar surface area (TPSA) is 41.5 Å². The highest BCUT2D eigenvalue weighted by molar-refractivity contribution is 9.10. The first kappa shape index (κ1) is 16.0. The zero-order chi connectivity index (χ0) is 15.2. The largest absolute Gasteiger partial charge is 0.457 e. The van der Waals surface area contributed by atoms with Crippen LogP contribution in [0, 0.1) is 0 Å². The van der Waals surface area contributed by atoms with Gasteiger partial charge in [-0.3, -0.25) is 0 Å². The van der Waals surface area contributed by atoms with Crippen molar-refractivity contribution < 1.29 is 9.84 Å². The molecule has 0 aromatic heterocycles. The van der Waals surface area contributed by atoms with Crippen molar-refractivity contribution in [1.29, 1.82) is 0 Å². The number of para-hydroxylation sites is 1. The minimum Gasteiger partial charge on any atom is -0.457 e. The van der Waals surface area contributed by atoms with Crippen molar-refractivity contribution in [2.45, 2.75) is 26.5 Å². The Morgan fingerprint density at radius 2 is 1.95 bits per heavy atom. The van der Waals surface area contributed by atoms with E-state index in [9.17, 15) is 5.11 Å². The lowest BCUT2D eigenvalue weighted by atomic mass is 10.1. The predicted octanol–water partition coefficient (Wildman–Crippen LogP) is 4.40. The van der Waals surface area contributed by atoms with E-state index in [-0.39, 0.29) is 12.6 Å². The van der Waals surface area contributed by atoms with Crippen molar-refractivity contribution in [1.82, 2.24) is 5.32 Å². The van der Waals surface area contributed by atoms with E-state index >= 15 is 0 Å². The molecule has 0 aliphatic rings. The first-order valence-electron chi connectivity index (χ1n) is 7.05. The van der Waals surface area contributed by atoms with Crippen LogP contribution in [0.4, 0.5) is 0 Å². The van der Waals surface area contributed by atoms with Crippen molar-refractivity contribution in [3.63, 3.8) is 0 Å². The summed E-state index contributed by atoms with van der Waals surface area (Å²) in [6, 6.07) is 13.7. The van der Waals surface area contributed by atoms with Gasteiger partial charge in [0.15, 0.2) is 0 Å². The number of aliphatic hydroxyl groups is 1. The van der Waals surface area contributed by atoms with Gasteiger partial charge < -0.3 is 15.2 Å². The van der Waals surface area contributed by atoms with Crippen LogP contribution < -0.4 is 10.1 Å². The molecule has 0 aliphatic carbocycles. The van der Waals surface area contributed by atoms with E-state index in [0.29, 0.717) is 5.75 Å². The van der Waals surface area contributed by atoms with Crippen LogP contribution in [0.1, 0.15) is 31.0 Å². The summed E-state index contributed by atoms with van der Waals surface area (Å²) in [5.41, 5.74) is 1.87. The quantitative estimate of drug-likeness (QED) is 0.811. The Kier molecular flexibility index (Phi) is 5.79. The molecule has 4 heteroatoms. The summed E-state index contributed by atoms with van der Waals surface area (Å²) >= 11 is 3.48. The number of halogens is 1. The molecule has 2 aromatic rings. The van der Waals surface area contributed by atoms with Gasteiger partial charge in [-0.25, -0.2) is 0 Å². The van der Waals surface area contributed by atoms with Crippen molar-refractivity contribution in [3.05, 3.63) is 58.1 Å². The molecular weight excluding hydrogens is 330 g/mol. The summed E-state index contributed by atoms with van der Waals surface area (Å²) in [6.45, 7) is 5.04. The molecule has 2 aromatic carbocycles. The molecule has 1 atom stereocenters. The fourth-order valence-corrected chi connectivity index (χ4v) is 2.56. The summed E-state index contributed by atoms with van der Waals surface area (Å²) in [5, 5.41) is 12.8. The molecule has 0 fully saturated rings. The van der Waals surface area contributed by atoms with E-state index in [1.807, 2.05) is 42.5 Å². The molecule has 112 valence electrons. The zero-order valence-corrected chi connectivity index (χ0v) is 13.9. The molecule has 0 aliphatic heterocycles. The number of nitrogens with one attached hydrogen (secondary N) is 1. The first-order chi connectivity index (χ1) is 10.2. The zero-order valence-electron chi connectivity index (χ0n) is 12.3. The lowest BCUT2D eigenvalue weighted by molar-refractivity contribution is 0.276. The number of aliphatic hydroxyl groups excluding tert-OH is 1. The summed E-state index contributed by atoms with van der Waals surface area (Å²) in [6.07, 6.45) is 0. The van der Waals surface area contributed by atoms with Gasteiger partial charge in [0.2, 0.25) is 0 Å². The van der Waals surface area contributed by atoms with Gasteiger partial charge in [-0.1, -0.05) is 47.1 Å². The number of hydrogen-bond donors (Lipinski definition) is 2. The molecule has 0 amide bonds. The SMILES string of the molecule is CCNC(C)c1ccc(Br)cc1Oc1ccccc1CO. The van der Waals surface area contributed by atoms with E-state index in [0.717, 1.165) is 27.9 Å². The Morgan fingerprint density at radius 1 is 1.19 bits per heavy atom. The average Bonchev–Trinajstić information content (AvgIpc) is 2.48. The van der Waals surface area contributed by atoms with Gasteiger partial charge in [-0.05, 0) is 31.7 Å². The van der Waals surface area contributed by atoms with Crippen molar-refractivity contribution in [3.8, 4) is 11.5 Å². The van der Waals surface area contributed by atoms with Gasteiger partial charge in [0.05, 0.1) is 6.61 Å². The lowest BCUT2D eigenvalue weighted by Crippen LogP contribution is -2.18. The average molecular weight is 350 g/mol. The van der Waals surface area contributed by atoms with E-state index < -0.39 is 0 Å². The van der Waals surface area contributed by atoms with Gasteiger partial charge in [0.25, 0.3) is 0 Å². The highest BCUT2D eigenvalue weighted by Crippen LogP contribution is 2.33. The molecule has 2 N–H and O–H groups in total. The first-order valence-corrected chi connectivity index (χ1v) is 7.84. The molecule has 0 bridgehead atoms. The second-order valence-electron chi connectivity index (χ2n) is 4.83. The molecule has 0 spiro atoms. The maximum absolute atomic E-state index is 9.41. The van der Waals surface area contributed by atoms with E-state index in [2.05, 4.69) is 35.1 Å². The second kappa shape index (κ2) is 7.59. The second-order valence-corrected chi connectivity index (χ2v) is 5.75. The van der Waals surface area contributed by atoms with Crippen molar-refractivity contribution >= 4 is 15.9 Å². The minimum atomic E-state index is -0.0394. The summed E-state index contributed by atoms with van der Waals surface area (Å²) in [5.74, 6) is 1.47. The third-order valence-electron chi connectivity index (χ3n) is 3.32. The molecule has 0 saturated carbocycles. The van der Waals surface area contributed by atoms with Crippen LogP contribution in [0.25, 0.3) is 0 Å². The van der Waals surface area contributed by atoms with Gasteiger partial charge >= 0.3 is 0 Å². The lowest BCUT2D eigenvalue weighted by Gasteiger charge is -2.19. The third kappa shape index (κ3) is 4.06. The Labute approximate surface area is 134 Å². The van der Waals surface area contributed by atoms with E-state index in [1.165, 1.54) is 0 Å². The molecule has 21 heavy (non-hydrogen) atoms. The molecule has 3 nitrogen and oxygen atoms in total. The summed E-state index contributed by atoms with van der Waals surface area (Å²) in [7, 11) is 0. The summed E-state index contributed by atoms with van der Waals surface area (Å²) < 4.78 is 7.01. The number of hydrogen-bond acceptors (Lipinski definition) is 3. The molecular formula is C17H20BrNO2. The van der Waals surface area contributed by atoms with Crippen LogP contribution in [0.15, 0.2) is 46.9 Å². The number of rotatable bonds is 6. The number of benzene rings is 2. The molecule has 0 radical (unpaired) electrons. The Bertz CT molecular complexity index is 601.